The molecule has 2 heterocycles. The van der Waals surface area contributed by atoms with Crippen molar-refractivity contribution in [2.75, 3.05) is 29.0 Å². The molecule has 0 unspecified atom stereocenters. The Labute approximate surface area is 210 Å². The molecule has 36 heavy (non-hydrogen) atoms. The van der Waals surface area contributed by atoms with E-state index in [-0.39, 0.29) is 0 Å². The van der Waals surface area contributed by atoms with E-state index in [1.54, 1.807) is 48.5 Å². The number of anilines is 3. The Morgan fingerprint density at radius 1 is 0.833 bits per heavy atom. The highest BCUT2D eigenvalue weighted by Crippen LogP contribution is 2.48. The van der Waals surface area contributed by atoms with E-state index in [9.17, 15) is 22.8 Å². The van der Waals surface area contributed by atoms with Gasteiger partial charge >= 0.3 is 6.18 Å². The van der Waals surface area contributed by atoms with Gasteiger partial charge in [0.25, 0.3) is 5.91 Å². The number of nitrogens with zero attached hydrogens (tertiary/aromatic N) is 3. The van der Waals surface area contributed by atoms with E-state index in [4.69, 9.17) is 16.4 Å². The molecular weight excluding hydrogens is 495 g/mol. The number of carbonyl (C=O) groups is 2. The molecule has 2 aliphatic rings. The van der Waals surface area contributed by atoms with Crippen LogP contribution in [0.15, 0.2) is 72.8 Å². The molecule has 3 atom stereocenters. The lowest BCUT2D eigenvalue weighted by atomic mass is 9.90. The first-order valence-electron chi connectivity index (χ1n) is 11.1. The second-order valence-corrected chi connectivity index (χ2v) is 9.28. The van der Waals surface area contributed by atoms with E-state index in [1.165, 1.54) is 17.2 Å². The third-order valence-corrected chi connectivity index (χ3v) is 6.65. The molecule has 2 amide bonds. The quantitative estimate of drug-likeness (QED) is 0.431. The van der Waals surface area contributed by atoms with Crippen LogP contribution in [-0.4, -0.2) is 32.0 Å². The Bertz CT molecular complexity index is 1300. The third kappa shape index (κ3) is 4.08. The molecule has 0 aliphatic carbocycles. The van der Waals surface area contributed by atoms with Crippen molar-refractivity contribution in [3.05, 3.63) is 88.9 Å². The number of hydroxylamine groups is 1. The summed E-state index contributed by atoms with van der Waals surface area (Å²) in [6.07, 6.45) is -5.63. The maximum atomic E-state index is 13.6. The smallest absolute Gasteiger partial charge is 0.378 e. The molecule has 186 valence electrons. The number of carbonyl (C=O) groups excluding carboxylic acids is 2. The zero-order valence-corrected chi connectivity index (χ0v) is 20.0. The Kier molecular flexibility index (Phi) is 5.92. The number of halogens is 4. The van der Waals surface area contributed by atoms with Crippen LogP contribution in [0.4, 0.5) is 30.2 Å². The van der Waals surface area contributed by atoms with Crippen molar-refractivity contribution in [3.8, 4) is 0 Å². The van der Waals surface area contributed by atoms with Gasteiger partial charge in [0.1, 0.15) is 5.92 Å². The van der Waals surface area contributed by atoms with Crippen molar-refractivity contribution in [2.45, 2.75) is 18.3 Å². The molecule has 2 saturated heterocycles. The van der Waals surface area contributed by atoms with Crippen LogP contribution in [0.1, 0.15) is 17.2 Å². The van der Waals surface area contributed by atoms with Gasteiger partial charge in [-0.3, -0.25) is 14.4 Å². The molecule has 0 saturated carbocycles. The number of hydrogen-bond donors (Lipinski definition) is 0. The lowest BCUT2D eigenvalue weighted by molar-refractivity contribution is -0.137. The van der Waals surface area contributed by atoms with Gasteiger partial charge in [-0.2, -0.15) is 13.2 Å². The van der Waals surface area contributed by atoms with Gasteiger partial charge in [0.05, 0.1) is 23.0 Å². The highest BCUT2D eigenvalue weighted by Gasteiger charge is 2.60. The van der Waals surface area contributed by atoms with Gasteiger partial charge in [0.15, 0.2) is 6.10 Å². The minimum absolute atomic E-state index is 0.401. The molecule has 2 fully saturated rings. The van der Waals surface area contributed by atoms with Gasteiger partial charge in [-0.15, -0.1) is 0 Å². The highest BCUT2D eigenvalue weighted by atomic mass is 35.5. The topological polar surface area (TPSA) is 53.1 Å². The van der Waals surface area contributed by atoms with Crippen LogP contribution in [0.25, 0.3) is 0 Å². The van der Waals surface area contributed by atoms with Gasteiger partial charge in [-0.25, -0.2) is 9.96 Å². The van der Waals surface area contributed by atoms with Crippen LogP contribution in [-0.2, 0) is 20.6 Å². The first-order valence-corrected chi connectivity index (χ1v) is 11.5. The predicted octanol–water partition coefficient (Wildman–Crippen LogP) is 5.48. The molecule has 3 aromatic carbocycles. The van der Waals surface area contributed by atoms with E-state index in [0.29, 0.717) is 22.0 Å². The number of imide groups is 1. The van der Waals surface area contributed by atoms with E-state index in [0.717, 1.165) is 22.7 Å². The second kappa shape index (κ2) is 8.83. The predicted molar refractivity (Wildman–Crippen MR) is 130 cm³/mol. The fourth-order valence-corrected chi connectivity index (χ4v) is 4.71. The number of amides is 2. The number of alkyl halides is 3. The van der Waals surface area contributed by atoms with E-state index in [1.807, 2.05) is 19.0 Å². The zero-order valence-electron chi connectivity index (χ0n) is 19.2. The van der Waals surface area contributed by atoms with Crippen LogP contribution in [0, 0.1) is 5.92 Å². The van der Waals surface area contributed by atoms with Crippen molar-refractivity contribution in [1.29, 1.82) is 0 Å². The van der Waals surface area contributed by atoms with Crippen molar-refractivity contribution in [2.24, 2.45) is 5.92 Å². The Balaban J connectivity index is 1.54. The number of fused-ring (bicyclic) bond motifs is 1. The van der Waals surface area contributed by atoms with Crippen molar-refractivity contribution >= 4 is 40.5 Å². The summed E-state index contributed by atoms with van der Waals surface area (Å²) >= 11 is 6.01. The molecule has 0 aromatic heterocycles. The monoisotopic (exact) mass is 515 g/mol. The molecule has 6 nitrogen and oxygen atoms in total. The molecule has 2 aliphatic heterocycles. The minimum Gasteiger partial charge on any atom is -0.378 e. The summed E-state index contributed by atoms with van der Waals surface area (Å²) < 4.78 is 39.5. The third-order valence-electron chi connectivity index (χ3n) is 6.40. The Morgan fingerprint density at radius 2 is 1.42 bits per heavy atom. The Hall–Kier alpha value is -3.56. The summed E-state index contributed by atoms with van der Waals surface area (Å²) in [5.41, 5.74) is 1.41. The number of hydrogen-bond acceptors (Lipinski definition) is 5. The second-order valence-electron chi connectivity index (χ2n) is 8.84. The summed E-state index contributed by atoms with van der Waals surface area (Å²) in [4.78, 5) is 36.0. The van der Waals surface area contributed by atoms with E-state index >= 15 is 0 Å². The lowest BCUT2D eigenvalue weighted by Gasteiger charge is -2.29. The van der Waals surface area contributed by atoms with Crippen LogP contribution < -0.4 is 14.9 Å². The highest BCUT2D eigenvalue weighted by molar-refractivity contribution is 6.30. The van der Waals surface area contributed by atoms with Gasteiger partial charge in [-0.05, 0) is 66.2 Å². The van der Waals surface area contributed by atoms with Crippen LogP contribution in [0.3, 0.4) is 0 Å². The number of rotatable bonds is 4. The summed E-state index contributed by atoms with van der Waals surface area (Å²) in [7, 11) is 3.75. The van der Waals surface area contributed by atoms with Crippen molar-refractivity contribution in [1.82, 2.24) is 0 Å². The summed E-state index contributed by atoms with van der Waals surface area (Å²) in [6, 6.07) is 17.2. The Morgan fingerprint density at radius 3 is 1.97 bits per heavy atom. The maximum Gasteiger partial charge on any atom is 0.416 e. The van der Waals surface area contributed by atoms with Gasteiger partial charge in [-0.1, -0.05) is 23.7 Å². The molecule has 0 spiro atoms. The molecule has 3 aromatic rings. The molecule has 0 bridgehead atoms. The lowest BCUT2D eigenvalue weighted by Crippen LogP contribution is -2.37. The first-order chi connectivity index (χ1) is 17.1. The van der Waals surface area contributed by atoms with Crippen molar-refractivity contribution < 1.29 is 27.6 Å². The molecule has 0 radical (unpaired) electrons. The summed E-state index contributed by atoms with van der Waals surface area (Å²) in [5, 5.41) is 1.89. The van der Waals surface area contributed by atoms with Gasteiger partial charge < -0.3 is 4.90 Å². The minimum atomic E-state index is -4.50. The average Bonchev–Trinajstić information content (AvgIpc) is 3.35. The summed E-state index contributed by atoms with van der Waals surface area (Å²) in [6.45, 7) is 0. The maximum absolute atomic E-state index is 13.6. The van der Waals surface area contributed by atoms with Crippen LogP contribution in [0.2, 0.25) is 5.02 Å². The fraction of sp³-hybridized carbons (Fsp3) is 0.231. The molecule has 10 heteroatoms. The first kappa shape index (κ1) is 24.1. The molecular formula is C26H21ClF3N3O3. The van der Waals surface area contributed by atoms with Crippen LogP contribution in [0.5, 0.6) is 0 Å². The molecule has 5 rings (SSSR count). The average molecular weight is 516 g/mol. The van der Waals surface area contributed by atoms with Crippen LogP contribution >= 0.6 is 11.6 Å². The summed E-state index contributed by atoms with van der Waals surface area (Å²) in [5.74, 6) is -1.97. The van der Waals surface area contributed by atoms with Crippen molar-refractivity contribution in [3.63, 3.8) is 0 Å². The number of benzene rings is 3. The zero-order chi connectivity index (χ0) is 25.8. The fourth-order valence-electron chi connectivity index (χ4n) is 4.59. The van der Waals surface area contributed by atoms with E-state index < -0.39 is 41.6 Å². The largest absolute Gasteiger partial charge is 0.416 e. The van der Waals surface area contributed by atoms with E-state index in [2.05, 4.69) is 0 Å². The SMILES string of the molecule is CN(C)c1ccc(N2C(=O)[C@@H]3[C@H](ON(c4ccc(Cl)cc4)[C@H]3c3ccc(C(F)(F)F)cc3)C2=O)cc1. The molecule has 0 N–H and O–H groups in total. The normalized spacial score (nSPS) is 21.8. The standard InChI is InChI=1S/C26H21ClF3N3O3/c1-31(2)18-11-13-19(14-12-18)32-24(34)21-22(15-3-5-16(6-4-15)26(28,29)30)33(36-23(21)25(32)35)20-9-7-17(27)8-10-20/h3-14,21-23H,1-2H3/t21-,22-,23-/m0/s1. The van der Waals surface area contributed by atoms with Gasteiger partial charge in [0, 0.05) is 24.8 Å². The van der Waals surface area contributed by atoms with Gasteiger partial charge in [0.2, 0.25) is 5.91 Å².